The zero-order valence-corrected chi connectivity index (χ0v) is 5.95. The fraction of sp³-hybridized carbons (Fsp3) is 1.00. The van der Waals surface area contributed by atoms with Gasteiger partial charge in [-0.3, -0.25) is 0 Å². The van der Waals surface area contributed by atoms with E-state index in [0.717, 1.165) is 25.2 Å². The van der Waals surface area contributed by atoms with Gasteiger partial charge in [-0.2, -0.15) is 0 Å². The van der Waals surface area contributed by atoms with Crippen molar-refractivity contribution in [1.29, 1.82) is 0 Å². The van der Waals surface area contributed by atoms with Crippen LogP contribution in [0.15, 0.2) is 5.11 Å². The van der Waals surface area contributed by atoms with Gasteiger partial charge in [0.05, 0.1) is 0 Å². The minimum absolute atomic E-state index is 0.0689. The Balaban J connectivity index is 2.22. The summed E-state index contributed by atoms with van der Waals surface area (Å²) in [4.78, 5) is 2.91. The molecule has 2 saturated carbocycles. The number of hydrogen-bond acceptors (Lipinski definition) is 1. The first-order valence-corrected chi connectivity index (χ1v) is 3.91. The van der Waals surface area contributed by atoms with Gasteiger partial charge < -0.3 is 0 Å². The number of fused-ring (bicyclic) bond motifs is 2. The molecule has 2 rings (SSSR count). The van der Waals surface area contributed by atoms with Crippen molar-refractivity contribution in [2.45, 2.75) is 37.6 Å². The molecule has 2 aliphatic carbocycles. The summed E-state index contributed by atoms with van der Waals surface area (Å²) in [5, 5.41) is 3.90. The molecule has 0 amide bonds. The normalized spacial score (nSPS) is 43.4. The molecule has 0 saturated heterocycles. The van der Waals surface area contributed by atoms with Gasteiger partial charge >= 0.3 is 0 Å². The van der Waals surface area contributed by atoms with Crippen LogP contribution in [-0.2, 0) is 0 Å². The molecule has 0 aromatic carbocycles. The number of nitrogens with zero attached hydrogens (tertiary/aromatic N) is 3. The van der Waals surface area contributed by atoms with E-state index in [1.165, 1.54) is 12.8 Å². The molecule has 0 atom stereocenters. The highest BCUT2D eigenvalue weighted by molar-refractivity contribution is 5.02. The van der Waals surface area contributed by atoms with Crippen LogP contribution < -0.4 is 0 Å². The average Bonchev–Trinajstić information content (AvgIpc) is 2.46. The maximum Gasteiger partial charge on any atom is 0.0491 e. The van der Waals surface area contributed by atoms with E-state index in [0.29, 0.717) is 0 Å². The third-order valence-electron chi connectivity index (χ3n) is 2.96. The fourth-order valence-corrected chi connectivity index (χ4v) is 2.40. The maximum absolute atomic E-state index is 8.30. The molecule has 3 nitrogen and oxygen atoms in total. The van der Waals surface area contributed by atoms with Gasteiger partial charge in [-0.25, -0.2) is 0 Å². The lowest BCUT2D eigenvalue weighted by molar-refractivity contribution is 0.417. The average molecular weight is 137 g/mol. The molecule has 0 unspecified atom stereocenters. The van der Waals surface area contributed by atoms with Crippen molar-refractivity contribution in [3.63, 3.8) is 0 Å². The third-order valence-corrected chi connectivity index (χ3v) is 2.96. The summed E-state index contributed by atoms with van der Waals surface area (Å²) in [5.41, 5.74) is 8.37. The molecule has 0 aromatic rings. The largest absolute Gasteiger partial charge is 0.0873 e. The van der Waals surface area contributed by atoms with E-state index < -0.39 is 0 Å². The summed E-state index contributed by atoms with van der Waals surface area (Å²) in [6.45, 7) is 0. The number of hydrogen-bond donors (Lipinski definition) is 0. The Kier molecular flexibility index (Phi) is 1.15. The Morgan fingerprint density at radius 1 is 1.40 bits per heavy atom. The molecule has 2 fully saturated rings. The maximum atomic E-state index is 8.30. The van der Waals surface area contributed by atoms with Gasteiger partial charge in [0, 0.05) is 10.5 Å². The van der Waals surface area contributed by atoms with Crippen molar-refractivity contribution in [1.82, 2.24) is 0 Å². The molecule has 0 heterocycles. The second-order valence-electron chi connectivity index (χ2n) is 3.56. The van der Waals surface area contributed by atoms with Crippen molar-refractivity contribution in [3.8, 4) is 0 Å². The second kappa shape index (κ2) is 1.89. The van der Waals surface area contributed by atoms with Crippen LogP contribution in [0.1, 0.15) is 32.1 Å². The van der Waals surface area contributed by atoms with Crippen LogP contribution in [0, 0.1) is 5.92 Å². The topological polar surface area (TPSA) is 48.8 Å². The van der Waals surface area contributed by atoms with Crippen molar-refractivity contribution < 1.29 is 0 Å². The third kappa shape index (κ3) is 0.706. The van der Waals surface area contributed by atoms with Gasteiger partial charge in [-0.05, 0) is 43.6 Å². The molecule has 10 heavy (non-hydrogen) atoms. The molecule has 0 N–H and O–H groups in total. The Morgan fingerprint density at radius 3 is 2.50 bits per heavy atom. The lowest BCUT2D eigenvalue weighted by Gasteiger charge is -2.18. The zero-order valence-electron chi connectivity index (χ0n) is 5.95. The molecule has 0 radical (unpaired) electrons. The van der Waals surface area contributed by atoms with E-state index in [9.17, 15) is 0 Å². The minimum atomic E-state index is 0.0689. The van der Waals surface area contributed by atoms with Crippen molar-refractivity contribution >= 4 is 0 Å². The van der Waals surface area contributed by atoms with E-state index in [4.69, 9.17) is 5.53 Å². The first kappa shape index (κ1) is 6.05. The number of azide groups is 1. The van der Waals surface area contributed by atoms with Gasteiger partial charge in [-0.15, -0.1) is 0 Å². The Labute approximate surface area is 60.1 Å². The van der Waals surface area contributed by atoms with Gasteiger partial charge in [-0.1, -0.05) is 5.11 Å². The minimum Gasteiger partial charge on any atom is -0.0873 e. The highest BCUT2D eigenvalue weighted by Gasteiger charge is 2.43. The van der Waals surface area contributed by atoms with E-state index in [2.05, 4.69) is 10.0 Å². The van der Waals surface area contributed by atoms with Crippen LogP contribution in [0.4, 0.5) is 0 Å². The Hall–Kier alpha value is -0.690. The Bertz CT molecular complexity index is 185. The predicted molar refractivity (Wildman–Crippen MR) is 38.5 cm³/mol. The first-order chi connectivity index (χ1) is 4.85. The van der Waals surface area contributed by atoms with Crippen molar-refractivity contribution in [2.75, 3.05) is 0 Å². The molecule has 0 spiro atoms. The highest BCUT2D eigenvalue weighted by Crippen LogP contribution is 2.50. The van der Waals surface area contributed by atoms with Gasteiger partial charge in [0.1, 0.15) is 0 Å². The van der Waals surface area contributed by atoms with Gasteiger partial charge in [0.15, 0.2) is 0 Å². The molecular weight excluding hydrogens is 126 g/mol. The second-order valence-corrected chi connectivity index (χ2v) is 3.56. The quantitative estimate of drug-likeness (QED) is 0.303. The van der Waals surface area contributed by atoms with Gasteiger partial charge in [0.2, 0.25) is 0 Å². The number of rotatable bonds is 1. The van der Waals surface area contributed by atoms with Crippen LogP contribution >= 0.6 is 0 Å². The summed E-state index contributed by atoms with van der Waals surface area (Å²) in [7, 11) is 0. The summed E-state index contributed by atoms with van der Waals surface area (Å²) in [5.74, 6) is 0.880. The van der Waals surface area contributed by atoms with Crippen LogP contribution in [0.3, 0.4) is 0 Å². The summed E-state index contributed by atoms with van der Waals surface area (Å²) in [6.07, 6.45) is 6.03. The van der Waals surface area contributed by atoms with Crippen molar-refractivity contribution in [2.24, 2.45) is 11.0 Å². The Morgan fingerprint density at radius 2 is 2.10 bits per heavy atom. The van der Waals surface area contributed by atoms with E-state index >= 15 is 0 Å². The van der Waals surface area contributed by atoms with E-state index in [1.54, 1.807) is 0 Å². The van der Waals surface area contributed by atoms with Crippen LogP contribution in [0.5, 0.6) is 0 Å². The lowest BCUT2D eigenvalue weighted by Crippen LogP contribution is -2.17. The molecule has 3 heteroatoms. The fourth-order valence-electron chi connectivity index (χ4n) is 2.40. The molecule has 2 bridgehead atoms. The lowest BCUT2D eigenvalue weighted by atomic mass is 9.95. The van der Waals surface area contributed by atoms with E-state index in [-0.39, 0.29) is 5.54 Å². The monoisotopic (exact) mass is 137 g/mol. The molecule has 54 valence electrons. The van der Waals surface area contributed by atoms with E-state index in [1.807, 2.05) is 0 Å². The smallest absolute Gasteiger partial charge is 0.0491 e. The highest BCUT2D eigenvalue weighted by atomic mass is 15.2. The van der Waals surface area contributed by atoms with Crippen LogP contribution in [0.2, 0.25) is 0 Å². The zero-order chi connectivity index (χ0) is 7.03. The van der Waals surface area contributed by atoms with Crippen molar-refractivity contribution in [3.05, 3.63) is 10.4 Å². The summed E-state index contributed by atoms with van der Waals surface area (Å²) in [6, 6.07) is 0. The first-order valence-electron chi connectivity index (χ1n) is 3.91. The molecule has 0 aromatic heterocycles. The van der Waals surface area contributed by atoms with Crippen LogP contribution in [-0.4, -0.2) is 5.54 Å². The molecule has 2 aliphatic rings. The molecular formula is C7H11N3. The standard InChI is InChI=1S/C7H11N3/c8-10-9-7-3-1-6(5-7)2-4-7/h6H,1-5H2. The van der Waals surface area contributed by atoms with Gasteiger partial charge in [0.25, 0.3) is 0 Å². The molecule has 0 aliphatic heterocycles. The summed E-state index contributed by atoms with van der Waals surface area (Å²) >= 11 is 0. The predicted octanol–water partition coefficient (Wildman–Crippen LogP) is 2.63. The summed E-state index contributed by atoms with van der Waals surface area (Å²) < 4.78 is 0. The van der Waals surface area contributed by atoms with Crippen LogP contribution in [0.25, 0.3) is 10.4 Å². The SMILES string of the molecule is [N-]=[N+]=NC12CCC(CC1)C2.